The van der Waals surface area contributed by atoms with Crippen LogP contribution in [0.1, 0.15) is 24.8 Å². The third-order valence-electron chi connectivity index (χ3n) is 10.9. The molecular formula is C33H21ClF39NOSn. The summed E-state index contributed by atoms with van der Waals surface area (Å²) < 4.78 is 533. The Bertz CT molecular complexity index is 1990. The van der Waals surface area contributed by atoms with Gasteiger partial charge in [0, 0.05) is 0 Å². The van der Waals surface area contributed by atoms with Crippen LogP contribution in [0.4, 0.5) is 171 Å². The zero-order valence-corrected chi connectivity index (χ0v) is 38.6. The van der Waals surface area contributed by atoms with Crippen LogP contribution in [0.25, 0.3) is 0 Å². The number of halogens is 40. The average molecular weight is 1340 g/mol. The SMILES string of the molecule is O=C(CCl)NCc1ccc[c]([Sn]([CH2]CC(F)(F)C(F)(F)C(F)(F)C(F)(F)C(F)(F)C(F)(F)F)([CH2]CC(F)(F)C(F)(F)C(F)(F)C(F)(F)C(F)(F)C(F)(F)F)[CH2]CC(F)(F)C(F)(F)C(F)(F)C(F)(F)C(F)(F)C(F)(F)F)c1. The Morgan fingerprint density at radius 2 is 0.605 bits per heavy atom. The van der Waals surface area contributed by atoms with Gasteiger partial charge in [-0.05, 0) is 0 Å². The van der Waals surface area contributed by atoms with E-state index in [1.165, 1.54) is 0 Å². The molecule has 0 radical (unpaired) electrons. The Labute approximate surface area is 402 Å². The number of alkyl halides is 40. The number of carbonyl (C=O) groups is 1. The summed E-state index contributed by atoms with van der Waals surface area (Å²) in [5.41, 5.74) is -1.04. The predicted octanol–water partition coefficient (Wildman–Crippen LogP) is 15.6. The standard InChI is InChI=1S/C9H9ClNO.3C8H4F13.Sn/c10-6-9(12)11-7-8-4-2-1-3-5-8;3*1-2-3(9,10)4(11,12)5(13,14)6(15,16)7(17,18)8(19,20)21;/h1-2,4-5H,6-7H2,(H,11,12);3*1-2H2;. The molecule has 1 rings (SSSR count). The molecule has 0 heterocycles. The Morgan fingerprint density at radius 1 is 0.368 bits per heavy atom. The molecule has 76 heavy (non-hydrogen) atoms. The first kappa shape index (κ1) is 71.1. The molecule has 2 nitrogen and oxygen atoms in total. The molecule has 0 aliphatic heterocycles. The van der Waals surface area contributed by atoms with Gasteiger partial charge >= 0.3 is 403 Å². The maximum absolute atomic E-state index is 15.3. The van der Waals surface area contributed by atoms with Crippen molar-refractivity contribution in [1.82, 2.24) is 5.32 Å². The first-order chi connectivity index (χ1) is 32.8. The summed E-state index contributed by atoms with van der Waals surface area (Å²) in [7, 11) is 0. The van der Waals surface area contributed by atoms with Gasteiger partial charge in [-0.2, -0.15) is 0 Å². The summed E-state index contributed by atoms with van der Waals surface area (Å²) in [6.45, 7) is -1.34. The minimum atomic E-state index is -8.92. The van der Waals surface area contributed by atoms with Gasteiger partial charge in [-0.1, -0.05) is 0 Å². The maximum atomic E-state index is 15.3. The summed E-state index contributed by atoms with van der Waals surface area (Å²) in [6.07, 6.45) is -36.8. The van der Waals surface area contributed by atoms with Gasteiger partial charge in [-0.25, -0.2) is 0 Å². The van der Waals surface area contributed by atoms with E-state index in [1.54, 1.807) is 5.32 Å². The van der Waals surface area contributed by atoms with Crippen molar-refractivity contribution >= 4 is 39.5 Å². The van der Waals surface area contributed by atoms with Gasteiger partial charge < -0.3 is 0 Å². The summed E-state index contributed by atoms with van der Waals surface area (Å²) in [4.78, 5) is 11.6. The van der Waals surface area contributed by atoms with Gasteiger partial charge in [-0.15, -0.1) is 0 Å². The van der Waals surface area contributed by atoms with Crippen molar-refractivity contribution in [2.75, 3.05) is 5.88 Å². The molecule has 1 N–H and O–H groups in total. The van der Waals surface area contributed by atoms with Crippen LogP contribution < -0.4 is 8.90 Å². The fourth-order valence-corrected chi connectivity index (χ4v) is 20.3. The summed E-state index contributed by atoms with van der Waals surface area (Å²) in [5.74, 6) is -131. The molecule has 1 aromatic rings. The van der Waals surface area contributed by atoms with Crippen LogP contribution in [0.5, 0.6) is 0 Å². The number of carbonyl (C=O) groups excluding carboxylic acids is 1. The van der Waals surface area contributed by atoms with Crippen molar-refractivity contribution in [1.29, 1.82) is 0 Å². The van der Waals surface area contributed by atoms with Gasteiger partial charge in [0.05, 0.1) is 0 Å². The zero-order chi connectivity index (χ0) is 61.4. The normalized spacial score (nSPS) is 16.1. The van der Waals surface area contributed by atoms with Crippen LogP contribution in [0.2, 0.25) is 13.3 Å². The Balaban J connectivity index is 4.64. The van der Waals surface area contributed by atoms with Gasteiger partial charge in [0.25, 0.3) is 0 Å². The zero-order valence-electron chi connectivity index (χ0n) is 35.0. The van der Waals surface area contributed by atoms with E-state index >= 15 is 26.3 Å². The molecule has 43 heteroatoms. The number of hydrogen-bond donors (Lipinski definition) is 1. The second-order valence-electron chi connectivity index (χ2n) is 15.9. The van der Waals surface area contributed by atoms with Crippen molar-refractivity contribution in [2.24, 2.45) is 0 Å². The van der Waals surface area contributed by atoms with E-state index in [0.717, 1.165) is 0 Å². The summed E-state index contributed by atoms with van der Waals surface area (Å²) >= 11 is -3.28. The predicted molar refractivity (Wildman–Crippen MR) is 175 cm³/mol. The van der Waals surface area contributed by atoms with E-state index in [1.807, 2.05) is 0 Å². The Morgan fingerprint density at radius 3 is 0.829 bits per heavy atom. The van der Waals surface area contributed by atoms with E-state index in [4.69, 9.17) is 11.6 Å². The number of benzene rings is 1. The average Bonchev–Trinajstić information content (AvgIpc) is 3.23. The molecule has 0 spiro atoms. The molecule has 0 saturated carbocycles. The second kappa shape index (κ2) is 20.5. The molecule has 0 aromatic heterocycles. The summed E-state index contributed by atoms with van der Waals surface area (Å²) in [5, 5.41) is 1.62. The van der Waals surface area contributed by atoms with E-state index in [-0.39, 0.29) is 18.2 Å². The molecule has 0 bridgehead atoms. The van der Waals surface area contributed by atoms with Crippen LogP contribution in [-0.4, -0.2) is 138 Å². The molecule has 0 aliphatic rings. The molecule has 0 aliphatic carbocycles. The van der Waals surface area contributed by atoms with Gasteiger partial charge in [-0.3, -0.25) is 0 Å². The number of nitrogens with one attached hydrogen (secondary N) is 1. The van der Waals surface area contributed by atoms with Crippen LogP contribution in [0, 0.1) is 0 Å². The molecule has 1 amide bonds. The third-order valence-corrected chi connectivity index (χ3v) is 25.9. The van der Waals surface area contributed by atoms with E-state index in [2.05, 4.69) is 0 Å². The van der Waals surface area contributed by atoms with Crippen LogP contribution in [0.3, 0.4) is 0 Å². The topological polar surface area (TPSA) is 29.1 Å². The van der Waals surface area contributed by atoms with Gasteiger partial charge in [0.1, 0.15) is 0 Å². The fraction of sp³-hybridized carbons (Fsp3) is 0.788. The van der Waals surface area contributed by atoms with Crippen molar-refractivity contribution in [3.05, 3.63) is 29.8 Å². The van der Waals surface area contributed by atoms with Crippen molar-refractivity contribution in [3.8, 4) is 0 Å². The van der Waals surface area contributed by atoms with E-state index < -0.39 is 186 Å². The first-order valence-corrected chi connectivity index (χ1v) is 26.6. The van der Waals surface area contributed by atoms with Crippen LogP contribution >= 0.6 is 11.6 Å². The number of rotatable bonds is 25. The molecule has 448 valence electrons. The Hall–Kier alpha value is -2.95. The monoisotopic (exact) mass is 1340 g/mol. The van der Waals surface area contributed by atoms with Gasteiger partial charge in [0.2, 0.25) is 0 Å². The molecule has 0 atom stereocenters. The fourth-order valence-electron chi connectivity index (χ4n) is 6.13. The van der Waals surface area contributed by atoms with Crippen molar-refractivity contribution in [2.45, 2.75) is 146 Å². The molecule has 0 saturated heterocycles. The number of amides is 1. The second-order valence-corrected chi connectivity index (χ2v) is 29.4. The molecule has 1 aromatic carbocycles. The van der Waals surface area contributed by atoms with E-state index in [0.29, 0.717) is 6.07 Å². The third kappa shape index (κ3) is 11.2. The number of hydrogen-bond acceptors (Lipinski definition) is 1. The summed E-state index contributed by atoms with van der Waals surface area (Å²) in [6, 6.07) is 0.0988. The first-order valence-electron chi connectivity index (χ1n) is 18.6. The Kier molecular flexibility index (Phi) is 19.2. The quantitative estimate of drug-likeness (QED) is 0.0590. The molecular weight excluding hydrogens is 1320 g/mol. The molecule has 0 unspecified atom stereocenters. The van der Waals surface area contributed by atoms with Crippen molar-refractivity contribution in [3.63, 3.8) is 0 Å². The van der Waals surface area contributed by atoms with Crippen LogP contribution in [0.15, 0.2) is 24.3 Å². The van der Waals surface area contributed by atoms with E-state index in [9.17, 15) is 150 Å². The molecule has 0 fully saturated rings. The van der Waals surface area contributed by atoms with Gasteiger partial charge in [0.15, 0.2) is 0 Å². The van der Waals surface area contributed by atoms with Crippen LogP contribution in [-0.2, 0) is 11.3 Å². The van der Waals surface area contributed by atoms with Crippen molar-refractivity contribution < 1.29 is 176 Å². The minimum absolute atomic E-state index is 0.102.